The van der Waals surface area contributed by atoms with E-state index in [0.717, 1.165) is 18.0 Å². The molecule has 0 atom stereocenters. The molecule has 6 heteroatoms. The van der Waals surface area contributed by atoms with Crippen LogP contribution in [0.2, 0.25) is 0 Å². The summed E-state index contributed by atoms with van der Waals surface area (Å²) in [4.78, 5) is 24.3. The predicted molar refractivity (Wildman–Crippen MR) is 46.4 cm³/mol. The lowest BCUT2D eigenvalue weighted by Crippen LogP contribution is -1.97. The summed E-state index contributed by atoms with van der Waals surface area (Å²) < 4.78 is 3.63. The smallest absolute Gasteiger partial charge is 0.265 e. The quantitative estimate of drug-likeness (QED) is 0.534. The van der Waals surface area contributed by atoms with Crippen LogP contribution < -0.4 is 0 Å². The van der Waals surface area contributed by atoms with Crippen LogP contribution in [0.5, 0.6) is 0 Å². The van der Waals surface area contributed by atoms with Crippen LogP contribution in [0.1, 0.15) is 28.7 Å². The van der Waals surface area contributed by atoms with Gasteiger partial charge in [0, 0.05) is 0 Å². The number of rotatable bonds is 3. The van der Waals surface area contributed by atoms with Gasteiger partial charge in [0.05, 0.1) is 5.69 Å². The second-order valence-electron chi connectivity index (χ2n) is 2.31. The molecule has 0 bridgehead atoms. The second-order valence-corrected chi connectivity index (χ2v) is 3.06. The molecule has 0 aliphatic carbocycles. The Bertz CT molecular complexity index is 354. The standard InChI is InChI=1S/C7H7N3O2S/c1-2-3-5-6(13-10-9-5)7(12)8-4-11/h2-3H2,1H3. The van der Waals surface area contributed by atoms with Gasteiger partial charge in [-0.2, -0.15) is 0 Å². The molecule has 0 spiro atoms. The molecule has 13 heavy (non-hydrogen) atoms. The van der Waals surface area contributed by atoms with E-state index >= 15 is 0 Å². The second kappa shape index (κ2) is 4.59. The number of aromatic nitrogens is 2. The van der Waals surface area contributed by atoms with Crippen LogP contribution in [-0.4, -0.2) is 21.6 Å². The monoisotopic (exact) mass is 197 g/mol. The van der Waals surface area contributed by atoms with Crippen molar-refractivity contribution in [2.24, 2.45) is 4.99 Å². The maximum Gasteiger partial charge on any atom is 0.301 e. The largest absolute Gasteiger partial charge is 0.301 e. The zero-order valence-corrected chi connectivity index (χ0v) is 7.80. The molecule has 1 amide bonds. The number of hydrogen-bond acceptors (Lipinski definition) is 5. The Kier molecular flexibility index (Phi) is 3.42. The van der Waals surface area contributed by atoms with E-state index in [1.54, 1.807) is 0 Å². The van der Waals surface area contributed by atoms with Crippen molar-refractivity contribution in [3.8, 4) is 0 Å². The lowest BCUT2D eigenvalue weighted by molar-refractivity contribution is 0.101. The molecule has 1 aromatic rings. The van der Waals surface area contributed by atoms with Crippen LogP contribution in [0.4, 0.5) is 0 Å². The van der Waals surface area contributed by atoms with Crippen LogP contribution in [0.3, 0.4) is 0 Å². The molecule has 1 aromatic heterocycles. The Morgan fingerprint density at radius 3 is 3.08 bits per heavy atom. The Morgan fingerprint density at radius 1 is 1.69 bits per heavy atom. The molecule has 0 aromatic carbocycles. The Hall–Kier alpha value is -1.39. The minimum atomic E-state index is -0.603. The van der Waals surface area contributed by atoms with Crippen molar-refractivity contribution < 1.29 is 9.59 Å². The number of aryl methyl sites for hydroxylation is 1. The highest BCUT2D eigenvalue weighted by Gasteiger charge is 2.14. The Morgan fingerprint density at radius 2 is 2.46 bits per heavy atom. The van der Waals surface area contributed by atoms with Gasteiger partial charge >= 0.3 is 5.91 Å². The minimum Gasteiger partial charge on any atom is -0.265 e. The van der Waals surface area contributed by atoms with Gasteiger partial charge in [-0.3, -0.25) is 4.79 Å². The first-order chi connectivity index (χ1) is 6.29. The fraction of sp³-hybridized carbons (Fsp3) is 0.429. The molecule has 1 rings (SSSR count). The maximum absolute atomic E-state index is 11.1. The van der Waals surface area contributed by atoms with Gasteiger partial charge in [0.1, 0.15) is 4.88 Å². The first-order valence-corrected chi connectivity index (χ1v) is 4.50. The van der Waals surface area contributed by atoms with Crippen LogP contribution in [0.25, 0.3) is 0 Å². The number of nitrogens with zero attached hydrogens (tertiary/aromatic N) is 3. The van der Waals surface area contributed by atoms with E-state index in [1.165, 1.54) is 6.08 Å². The number of aliphatic imine (C=N–C) groups is 1. The molecule has 0 saturated carbocycles. The van der Waals surface area contributed by atoms with Gasteiger partial charge in [-0.15, -0.1) is 10.1 Å². The summed E-state index contributed by atoms with van der Waals surface area (Å²) in [5.41, 5.74) is 0.608. The van der Waals surface area contributed by atoms with Crippen molar-refractivity contribution in [1.29, 1.82) is 0 Å². The van der Waals surface area contributed by atoms with Crippen molar-refractivity contribution >= 4 is 23.5 Å². The first-order valence-electron chi connectivity index (χ1n) is 3.73. The van der Waals surface area contributed by atoms with Crippen molar-refractivity contribution in [1.82, 2.24) is 9.59 Å². The summed E-state index contributed by atoms with van der Waals surface area (Å²) in [6.45, 7) is 1.97. The van der Waals surface area contributed by atoms with Crippen LogP contribution in [-0.2, 0) is 11.2 Å². The summed E-state index contributed by atoms with van der Waals surface area (Å²) in [6, 6.07) is 0. The number of hydrogen-bond donors (Lipinski definition) is 0. The number of amides is 1. The van der Waals surface area contributed by atoms with Gasteiger partial charge in [-0.25, -0.2) is 4.79 Å². The molecule has 0 saturated heterocycles. The third-order valence-electron chi connectivity index (χ3n) is 1.38. The number of carbonyl (C=O) groups is 1. The van der Waals surface area contributed by atoms with Gasteiger partial charge < -0.3 is 0 Å². The van der Waals surface area contributed by atoms with Crippen molar-refractivity contribution in [3.63, 3.8) is 0 Å². The van der Waals surface area contributed by atoms with Crippen LogP contribution >= 0.6 is 11.5 Å². The van der Waals surface area contributed by atoms with Gasteiger partial charge in [-0.1, -0.05) is 17.8 Å². The number of isocyanates is 1. The average molecular weight is 197 g/mol. The van der Waals surface area contributed by atoms with Gasteiger partial charge in [0.15, 0.2) is 0 Å². The molecular weight excluding hydrogens is 190 g/mol. The van der Waals surface area contributed by atoms with E-state index in [4.69, 9.17) is 0 Å². The van der Waals surface area contributed by atoms with Crippen molar-refractivity contribution in [2.75, 3.05) is 0 Å². The van der Waals surface area contributed by atoms with E-state index in [9.17, 15) is 9.59 Å². The highest BCUT2D eigenvalue weighted by atomic mass is 32.1. The van der Waals surface area contributed by atoms with Crippen molar-refractivity contribution in [2.45, 2.75) is 19.8 Å². The molecule has 0 aliphatic rings. The first kappa shape index (κ1) is 9.70. The zero-order chi connectivity index (χ0) is 9.68. The topological polar surface area (TPSA) is 72.3 Å². The number of carbonyl (C=O) groups excluding carboxylic acids is 2. The van der Waals surface area contributed by atoms with Crippen molar-refractivity contribution in [3.05, 3.63) is 10.6 Å². The normalized spacial score (nSPS) is 9.31. The Labute approximate surface area is 78.7 Å². The highest BCUT2D eigenvalue weighted by Crippen LogP contribution is 2.13. The fourth-order valence-electron chi connectivity index (χ4n) is 0.864. The summed E-state index contributed by atoms with van der Waals surface area (Å²) in [7, 11) is 0. The Balaban J connectivity index is 2.92. The zero-order valence-electron chi connectivity index (χ0n) is 6.98. The van der Waals surface area contributed by atoms with E-state index < -0.39 is 5.91 Å². The minimum absolute atomic E-state index is 0.338. The molecule has 68 valence electrons. The lowest BCUT2D eigenvalue weighted by atomic mass is 10.2. The summed E-state index contributed by atoms with van der Waals surface area (Å²) in [5, 5.41) is 3.77. The summed E-state index contributed by atoms with van der Waals surface area (Å²) in [5.74, 6) is -0.603. The SMILES string of the molecule is CCCc1nnsc1C(=O)N=C=O. The van der Waals surface area contributed by atoms with Crippen LogP contribution in [0, 0.1) is 0 Å². The molecule has 0 aliphatic heterocycles. The predicted octanol–water partition coefficient (Wildman–Crippen LogP) is 0.967. The highest BCUT2D eigenvalue weighted by molar-refractivity contribution is 7.08. The van der Waals surface area contributed by atoms with E-state index in [-0.39, 0.29) is 0 Å². The molecule has 1 heterocycles. The third kappa shape index (κ3) is 2.27. The molecular formula is C7H7N3O2S. The molecule has 5 nitrogen and oxygen atoms in total. The fourth-order valence-corrected chi connectivity index (χ4v) is 1.46. The van der Waals surface area contributed by atoms with Gasteiger partial charge in [0.2, 0.25) is 6.08 Å². The van der Waals surface area contributed by atoms with Gasteiger partial charge in [-0.05, 0) is 18.0 Å². The van der Waals surface area contributed by atoms with Crippen LogP contribution in [0.15, 0.2) is 4.99 Å². The maximum atomic E-state index is 11.1. The lowest BCUT2D eigenvalue weighted by Gasteiger charge is -1.91. The average Bonchev–Trinajstić information content (AvgIpc) is 2.54. The summed E-state index contributed by atoms with van der Waals surface area (Å²) in [6.07, 6.45) is 2.75. The summed E-state index contributed by atoms with van der Waals surface area (Å²) >= 11 is 0.954. The third-order valence-corrected chi connectivity index (χ3v) is 2.14. The van der Waals surface area contributed by atoms with Gasteiger partial charge in [0.25, 0.3) is 0 Å². The van der Waals surface area contributed by atoms with E-state index in [1.807, 2.05) is 6.92 Å². The molecule has 0 radical (unpaired) electrons. The molecule has 0 unspecified atom stereocenters. The molecule has 0 N–H and O–H groups in total. The van der Waals surface area contributed by atoms with E-state index in [2.05, 4.69) is 14.6 Å². The van der Waals surface area contributed by atoms with E-state index in [0.29, 0.717) is 17.0 Å². The molecule has 0 fully saturated rings.